The van der Waals surface area contributed by atoms with Crippen LogP contribution in [0.3, 0.4) is 0 Å². The summed E-state index contributed by atoms with van der Waals surface area (Å²) in [5, 5.41) is 5.43. The van der Waals surface area contributed by atoms with Crippen LogP contribution in [0.2, 0.25) is 0 Å². The lowest BCUT2D eigenvalue weighted by atomic mass is 10.2. The molecule has 0 saturated carbocycles. The van der Waals surface area contributed by atoms with Crippen molar-refractivity contribution in [3.05, 3.63) is 53.0 Å². The van der Waals surface area contributed by atoms with Crippen LogP contribution >= 0.6 is 15.9 Å². The molecule has 0 saturated heterocycles. The molecule has 2 aromatic carbocycles. The maximum atomic E-state index is 12.5. The van der Waals surface area contributed by atoms with E-state index in [0.29, 0.717) is 17.9 Å². The second-order valence-corrected chi connectivity index (χ2v) is 9.47. The molecule has 0 aromatic heterocycles. The van der Waals surface area contributed by atoms with Gasteiger partial charge in [0.2, 0.25) is 11.8 Å². The maximum Gasteiger partial charge on any atom is 0.238 e. The molecule has 0 aliphatic heterocycles. The number of anilines is 2. The monoisotopic (exact) mass is 481 g/mol. The van der Waals surface area contributed by atoms with Gasteiger partial charge in [-0.2, -0.15) is 0 Å². The molecule has 0 aliphatic rings. The number of hydrogen-bond donors (Lipinski definition) is 2. The van der Waals surface area contributed by atoms with Crippen LogP contribution in [0.5, 0.6) is 0 Å². The van der Waals surface area contributed by atoms with Crippen molar-refractivity contribution < 1.29 is 18.0 Å². The molecule has 2 N–H and O–H groups in total. The fourth-order valence-electron chi connectivity index (χ4n) is 2.60. The standard InChI is InChI=1S/C20H24BrN3O4S/c1-3-24(12-13-29(27,28)19-10-4-16(21)5-11-19)14-20(26)23-18-8-6-17(7-9-18)22-15(2)25/h4-11H,3,12-14H2,1-2H3,(H,22,25)(H,23,26). The number of nitrogens with one attached hydrogen (secondary N) is 2. The molecular formula is C20H24BrN3O4S. The van der Waals surface area contributed by atoms with Crippen molar-refractivity contribution in [1.82, 2.24) is 4.90 Å². The van der Waals surface area contributed by atoms with E-state index in [2.05, 4.69) is 26.6 Å². The van der Waals surface area contributed by atoms with Crippen LogP contribution in [-0.2, 0) is 19.4 Å². The van der Waals surface area contributed by atoms with Crippen molar-refractivity contribution in [3.8, 4) is 0 Å². The van der Waals surface area contributed by atoms with E-state index in [0.717, 1.165) is 4.47 Å². The quantitative estimate of drug-likeness (QED) is 0.573. The molecule has 0 bridgehead atoms. The average Bonchev–Trinajstić information content (AvgIpc) is 2.66. The van der Waals surface area contributed by atoms with E-state index < -0.39 is 9.84 Å². The van der Waals surface area contributed by atoms with Crippen molar-refractivity contribution >= 4 is 49.0 Å². The lowest BCUT2D eigenvalue weighted by molar-refractivity contribution is -0.117. The van der Waals surface area contributed by atoms with Gasteiger partial charge < -0.3 is 10.6 Å². The number of hydrogen-bond acceptors (Lipinski definition) is 5. The second-order valence-electron chi connectivity index (χ2n) is 6.45. The SMILES string of the molecule is CCN(CCS(=O)(=O)c1ccc(Br)cc1)CC(=O)Nc1ccc(NC(C)=O)cc1. The molecule has 0 radical (unpaired) electrons. The first-order chi connectivity index (χ1) is 13.7. The number of carbonyl (C=O) groups is 2. The van der Waals surface area contributed by atoms with E-state index in [1.165, 1.54) is 6.92 Å². The van der Waals surface area contributed by atoms with Gasteiger partial charge in [-0.05, 0) is 55.1 Å². The van der Waals surface area contributed by atoms with Gasteiger partial charge in [0.25, 0.3) is 0 Å². The van der Waals surface area contributed by atoms with Gasteiger partial charge in [-0.1, -0.05) is 22.9 Å². The zero-order valence-electron chi connectivity index (χ0n) is 16.3. The highest BCUT2D eigenvalue weighted by atomic mass is 79.9. The number of carbonyl (C=O) groups excluding carboxylic acids is 2. The average molecular weight is 482 g/mol. The molecule has 0 spiro atoms. The van der Waals surface area contributed by atoms with Crippen LogP contribution < -0.4 is 10.6 Å². The Hall–Kier alpha value is -2.23. The number of rotatable bonds is 9. The topological polar surface area (TPSA) is 95.6 Å². The Morgan fingerprint density at radius 2 is 1.52 bits per heavy atom. The third-order valence-corrected chi connectivity index (χ3v) is 6.39. The molecule has 0 atom stereocenters. The first kappa shape index (κ1) is 23.1. The Balaban J connectivity index is 1.89. The van der Waals surface area contributed by atoms with Gasteiger partial charge in [-0.15, -0.1) is 0 Å². The highest BCUT2D eigenvalue weighted by Gasteiger charge is 2.17. The second kappa shape index (κ2) is 10.5. The van der Waals surface area contributed by atoms with E-state index in [9.17, 15) is 18.0 Å². The number of likely N-dealkylation sites (N-methyl/N-ethyl adjacent to an activating group) is 1. The van der Waals surface area contributed by atoms with Crippen molar-refractivity contribution in [2.75, 3.05) is 36.0 Å². The zero-order valence-corrected chi connectivity index (χ0v) is 18.7. The highest BCUT2D eigenvalue weighted by molar-refractivity contribution is 9.10. The normalized spacial score (nSPS) is 11.3. The van der Waals surface area contributed by atoms with E-state index in [1.807, 2.05) is 6.92 Å². The number of amides is 2. The molecule has 2 amide bonds. The Morgan fingerprint density at radius 1 is 0.966 bits per heavy atom. The molecule has 156 valence electrons. The van der Waals surface area contributed by atoms with Crippen molar-refractivity contribution in [2.24, 2.45) is 0 Å². The summed E-state index contributed by atoms with van der Waals surface area (Å²) in [4.78, 5) is 25.4. The van der Waals surface area contributed by atoms with Crippen molar-refractivity contribution in [2.45, 2.75) is 18.7 Å². The summed E-state index contributed by atoms with van der Waals surface area (Å²) >= 11 is 3.29. The molecule has 0 fully saturated rings. The van der Waals surface area contributed by atoms with Crippen LogP contribution in [0, 0.1) is 0 Å². The molecule has 29 heavy (non-hydrogen) atoms. The lowest BCUT2D eigenvalue weighted by Crippen LogP contribution is -2.36. The van der Waals surface area contributed by atoms with E-state index >= 15 is 0 Å². The fraction of sp³-hybridized carbons (Fsp3) is 0.300. The fourth-order valence-corrected chi connectivity index (χ4v) is 4.15. The van der Waals surface area contributed by atoms with Gasteiger partial charge in [0.05, 0.1) is 17.2 Å². The van der Waals surface area contributed by atoms with E-state index in [1.54, 1.807) is 53.4 Å². The molecule has 0 heterocycles. The van der Waals surface area contributed by atoms with Gasteiger partial charge in [0.1, 0.15) is 0 Å². The highest BCUT2D eigenvalue weighted by Crippen LogP contribution is 2.16. The summed E-state index contributed by atoms with van der Waals surface area (Å²) in [6.45, 7) is 4.18. The van der Waals surface area contributed by atoms with Crippen LogP contribution in [0.1, 0.15) is 13.8 Å². The third-order valence-electron chi connectivity index (χ3n) is 4.15. The minimum Gasteiger partial charge on any atom is -0.326 e. The molecule has 0 aliphatic carbocycles. The number of halogens is 1. The molecule has 2 rings (SSSR count). The predicted octanol–water partition coefficient (Wildman–Crippen LogP) is 3.14. The Morgan fingerprint density at radius 3 is 2.03 bits per heavy atom. The smallest absolute Gasteiger partial charge is 0.238 e. The third kappa shape index (κ3) is 7.60. The Bertz CT molecular complexity index is 945. The van der Waals surface area contributed by atoms with Crippen molar-refractivity contribution in [1.29, 1.82) is 0 Å². The molecule has 2 aromatic rings. The summed E-state index contributed by atoms with van der Waals surface area (Å²) in [5.41, 5.74) is 1.24. The van der Waals surface area contributed by atoms with E-state index in [-0.39, 0.29) is 35.6 Å². The first-order valence-corrected chi connectivity index (χ1v) is 11.5. The van der Waals surface area contributed by atoms with Gasteiger partial charge in [0.15, 0.2) is 9.84 Å². The first-order valence-electron chi connectivity index (χ1n) is 9.08. The summed E-state index contributed by atoms with van der Waals surface area (Å²) in [5.74, 6) is -0.472. The van der Waals surface area contributed by atoms with Crippen LogP contribution in [-0.4, -0.2) is 50.5 Å². The molecule has 9 heteroatoms. The van der Waals surface area contributed by atoms with Crippen LogP contribution in [0.25, 0.3) is 0 Å². The number of benzene rings is 2. The largest absolute Gasteiger partial charge is 0.326 e. The summed E-state index contributed by atoms with van der Waals surface area (Å²) in [7, 11) is -3.42. The minimum atomic E-state index is -3.42. The van der Waals surface area contributed by atoms with Gasteiger partial charge in [-0.3, -0.25) is 14.5 Å². The van der Waals surface area contributed by atoms with Crippen molar-refractivity contribution in [3.63, 3.8) is 0 Å². The minimum absolute atomic E-state index is 0.0683. The Labute approximate surface area is 179 Å². The number of nitrogens with zero attached hydrogens (tertiary/aromatic N) is 1. The number of sulfone groups is 1. The van der Waals surface area contributed by atoms with E-state index in [4.69, 9.17) is 0 Å². The van der Waals surface area contributed by atoms with Crippen LogP contribution in [0.4, 0.5) is 11.4 Å². The van der Waals surface area contributed by atoms with Gasteiger partial charge in [0, 0.05) is 29.3 Å². The summed E-state index contributed by atoms with van der Waals surface area (Å²) in [6, 6.07) is 13.3. The lowest BCUT2D eigenvalue weighted by Gasteiger charge is -2.20. The molecule has 7 nitrogen and oxygen atoms in total. The zero-order chi connectivity index (χ0) is 21.4. The van der Waals surface area contributed by atoms with Gasteiger partial charge in [-0.25, -0.2) is 8.42 Å². The molecule has 0 unspecified atom stereocenters. The van der Waals surface area contributed by atoms with Crippen LogP contribution in [0.15, 0.2) is 57.9 Å². The summed E-state index contributed by atoms with van der Waals surface area (Å²) < 4.78 is 25.8. The Kier molecular flexibility index (Phi) is 8.36. The summed E-state index contributed by atoms with van der Waals surface area (Å²) in [6.07, 6.45) is 0. The predicted molar refractivity (Wildman–Crippen MR) is 118 cm³/mol. The van der Waals surface area contributed by atoms with Gasteiger partial charge >= 0.3 is 0 Å². The molecular weight excluding hydrogens is 458 g/mol. The maximum absolute atomic E-state index is 12.5.